The number of carbonyl (C=O) groups excluding carboxylic acids is 1. The first-order valence-electron chi connectivity index (χ1n) is 10.4. The molecule has 1 aliphatic rings. The maximum absolute atomic E-state index is 12.5. The zero-order valence-corrected chi connectivity index (χ0v) is 20.3. The Morgan fingerprint density at radius 3 is 2.48 bits per heavy atom. The Morgan fingerprint density at radius 1 is 1.13 bits per heavy atom. The molecule has 3 aromatic rings. The van der Waals surface area contributed by atoms with Gasteiger partial charge in [-0.1, -0.05) is 42.5 Å². The highest BCUT2D eigenvalue weighted by atomic mass is 127. The average molecular weight is 532 g/mol. The fourth-order valence-corrected chi connectivity index (χ4v) is 3.92. The lowest BCUT2D eigenvalue weighted by atomic mass is 10.1. The maximum Gasteiger partial charge on any atom is 0.223 e. The first kappa shape index (κ1) is 23.1. The number of rotatable bonds is 6. The molecule has 0 radical (unpaired) electrons. The molecule has 4 rings (SSSR count). The standard InChI is InChI=1S/C24H28N4O2.HI/c1-25-24(27(2)17-21-14-18-8-5-6-11-22(18)30-21)26-13-7-12-23(29)28-15-19-9-3-4-10-20(19)16-28;/h3-6,8-11,14H,7,12-13,15-17H2,1-2H3,(H,25,26);1H. The van der Waals surface area contributed by atoms with Gasteiger partial charge in [-0.15, -0.1) is 24.0 Å². The number of fused-ring (bicyclic) bond motifs is 2. The van der Waals surface area contributed by atoms with Gasteiger partial charge in [0.05, 0.1) is 6.54 Å². The number of guanidine groups is 1. The summed E-state index contributed by atoms with van der Waals surface area (Å²) in [5.74, 6) is 1.89. The summed E-state index contributed by atoms with van der Waals surface area (Å²) in [6.45, 7) is 2.78. The second kappa shape index (κ2) is 10.7. The summed E-state index contributed by atoms with van der Waals surface area (Å²) in [6.07, 6.45) is 1.30. The van der Waals surface area contributed by atoms with E-state index in [4.69, 9.17) is 4.42 Å². The lowest BCUT2D eigenvalue weighted by Gasteiger charge is -2.21. The van der Waals surface area contributed by atoms with Gasteiger partial charge in [0.2, 0.25) is 5.91 Å². The molecule has 2 aromatic carbocycles. The number of halogens is 1. The fraction of sp³-hybridized carbons (Fsp3) is 0.333. The highest BCUT2D eigenvalue weighted by Crippen LogP contribution is 2.23. The monoisotopic (exact) mass is 532 g/mol. The van der Waals surface area contributed by atoms with Crippen LogP contribution in [0.3, 0.4) is 0 Å². The number of carbonyl (C=O) groups is 1. The minimum absolute atomic E-state index is 0. The van der Waals surface area contributed by atoms with Gasteiger partial charge in [-0.05, 0) is 29.7 Å². The number of nitrogens with one attached hydrogen (secondary N) is 1. The summed E-state index contributed by atoms with van der Waals surface area (Å²) in [5, 5.41) is 4.45. The van der Waals surface area contributed by atoms with Crippen molar-refractivity contribution in [3.05, 3.63) is 71.5 Å². The Balaban J connectivity index is 0.00000272. The smallest absolute Gasteiger partial charge is 0.223 e. The maximum atomic E-state index is 12.5. The van der Waals surface area contributed by atoms with Crippen LogP contribution in [0, 0.1) is 0 Å². The number of hydrogen-bond acceptors (Lipinski definition) is 3. The zero-order chi connectivity index (χ0) is 20.9. The van der Waals surface area contributed by atoms with Gasteiger partial charge in [-0.25, -0.2) is 0 Å². The zero-order valence-electron chi connectivity index (χ0n) is 18.0. The van der Waals surface area contributed by atoms with Crippen LogP contribution < -0.4 is 5.32 Å². The third-order valence-corrected chi connectivity index (χ3v) is 5.49. The minimum Gasteiger partial charge on any atom is -0.459 e. The Labute approximate surface area is 200 Å². The summed E-state index contributed by atoms with van der Waals surface area (Å²) in [4.78, 5) is 20.8. The summed E-state index contributed by atoms with van der Waals surface area (Å²) in [6, 6.07) is 18.3. The van der Waals surface area contributed by atoms with E-state index in [-0.39, 0.29) is 29.9 Å². The summed E-state index contributed by atoms with van der Waals surface area (Å²) in [5.41, 5.74) is 3.42. The molecule has 0 spiro atoms. The van der Waals surface area contributed by atoms with Crippen LogP contribution in [0.15, 0.2) is 64.0 Å². The number of amides is 1. The van der Waals surface area contributed by atoms with Crippen molar-refractivity contribution in [1.29, 1.82) is 0 Å². The Kier molecular flexibility index (Phi) is 7.95. The number of furan rings is 1. The molecule has 7 heteroatoms. The van der Waals surface area contributed by atoms with Gasteiger partial charge in [-0.3, -0.25) is 9.79 Å². The molecule has 1 aliphatic heterocycles. The van der Waals surface area contributed by atoms with E-state index in [1.807, 2.05) is 53.2 Å². The molecule has 0 saturated carbocycles. The topological polar surface area (TPSA) is 61.1 Å². The van der Waals surface area contributed by atoms with Crippen LogP contribution in [0.5, 0.6) is 0 Å². The first-order chi connectivity index (χ1) is 14.6. The van der Waals surface area contributed by atoms with Crippen LogP contribution in [-0.2, 0) is 24.4 Å². The normalized spacial score (nSPS) is 13.1. The van der Waals surface area contributed by atoms with E-state index in [2.05, 4.69) is 28.5 Å². The first-order valence-corrected chi connectivity index (χ1v) is 10.4. The van der Waals surface area contributed by atoms with Crippen molar-refractivity contribution >= 4 is 46.8 Å². The van der Waals surface area contributed by atoms with Crippen molar-refractivity contribution in [2.24, 2.45) is 4.99 Å². The predicted octanol–water partition coefficient (Wildman–Crippen LogP) is 4.38. The summed E-state index contributed by atoms with van der Waals surface area (Å²) < 4.78 is 5.90. The molecule has 0 atom stereocenters. The van der Waals surface area contributed by atoms with Crippen LogP contribution in [0.4, 0.5) is 0 Å². The molecule has 1 amide bonds. The SMILES string of the molecule is CN=C(NCCCC(=O)N1Cc2ccccc2C1)N(C)Cc1cc2ccccc2o1.I. The van der Waals surface area contributed by atoms with E-state index in [0.717, 1.165) is 42.2 Å². The Morgan fingerprint density at radius 2 is 1.81 bits per heavy atom. The van der Waals surface area contributed by atoms with Crippen molar-refractivity contribution in [2.45, 2.75) is 32.5 Å². The molecule has 0 bridgehead atoms. The molecule has 0 aliphatic carbocycles. The van der Waals surface area contributed by atoms with E-state index < -0.39 is 0 Å². The van der Waals surface area contributed by atoms with E-state index in [0.29, 0.717) is 19.5 Å². The molecular weight excluding hydrogens is 503 g/mol. The van der Waals surface area contributed by atoms with Crippen LogP contribution >= 0.6 is 24.0 Å². The molecule has 1 N–H and O–H groups in total. The molecule has 31 heavy (non-hydrogen) atoms. The van der Waals surface area contributed by atoms with Gasteiger partial charge in [0, 0.05) is 45.5 Å². The van der Waals surface area contributed by atoms with E-state index in [1.54, 1.807) is 7.05 Å². The van der Waals surface area contributed by atoms with Gasteiger partial charge in [0.1, 0.15) is 11.3 Å². The molecule has 2 heterocycles. The van der Waals surface area contributed by atoms with Crippen LogP contribution in [-0.4, -0.2) is 42.3 Å². The van der Waals surface area contributed by atoms with Crippen molar-refractivity contribution < 1.29 is 9.21 Å². The Bertz CT molecular complexity index is 1000. The van der Waals surface area contributed by atoms with Crippen molar-refractivity contribution in [1.82, 2.24) is 15.1 Å². The molecule has 0 fully saturated rings. The molecule has 0 saturated heterocycles. The van der Waals surface area contributed by atoms with Gasteiger partial charge in [0.25, 0.3) is 0 Å². The number of hydrogen-bond donors (Lipinski definition) is 1. The lowest BCUT2D eigenvalue weighted by molar-refractivity contribution is -0.131. The third-order valence-electron chi connectivity index (χ3n) is 5.49. The highest BCUT2D eigenvalue weighted by Gasteiger charge is 2.22. The number of aliphatic imine (C=N–C) groups is 1. The van der Waals surface area contributed by atoms with Crippen LogP contribution in [0.2, 0.25) is 0 Å². The second-order valence-corrected chi connectivity index (χ2v) is 7.70. The number of nitrogens with zero attached hydrogens (tertiary/aromatic N) is 3. The molecular formula is C24H29IN4O2. The van der Waals surface area contributed by atoms with Crippen molar-refractivity contribution in [2.75, 3.05) is 20.6 Å². The fourth-order valence-electron chi connectivity index (χ4n) is 3.92. The van der Waals surface area contributed by atoms with Gasteiger partial charge >= 0.3 is 0 Å². The quantitative estimate of drug-likeness (QED) is 0.222. The molecule has 6 nitrogen and oxygen atoms in total. The van der Waals surface area contributed by atoms with Gasteiger partial charge in [-0.2, -0.15) is 0 Å². The molecule has 0 unspecified atom stereocenters. The van der Waals surface area contributed by atoms with E-state index in [9.17, 15) is 4.79 Å². The summed E-state index contributed by atoms with van der Waals surface area (Å²) in [7, 11) is 3.75. The molecule has 1 aromatic heterocycles. The second-order valence-electron chi connectivity index (χ2n) is 7.70. The van der Waals surface area contributed by atoms with E-state index >= 15 is 0 Å². The van der Waals surface area contributed by atoms with Crippen molar-refractivity contribution in [3.8, 4) is 0 Å². The van der Waals surface area contributed by atoms with Crippen LogP contribution in [0.1, 0.15) is 29.7 Å². The van der Waals surface area contributed by atoms with E-state index in [1.165, 1.54) is 11.1 Å². The number of benzene rings is 2. The van der Waals surface area contributed by atoms with Crippen LogP contribution in [0.25, 0.3) is 11.0 Å². The lowest BCUT2D eigenvalue weighted by Crippen LogP contribution is -2.39. The van der Waals surface area contributed by atoms with Gasteiger partial charge in [0.15, 0.2) is 5.96 Å². The van der Waals surface area contributed by atoms with Gasteiger partial charge < -0.3 is 19.5 Å². The highest BCUT2D eigenvalue weighted by molar-refractivity contribution is 14.0. The largest absolute Gasteiger partial charge is 0.459 e. The third kappa shape index (κ3) is 5.58. The van der Waals surface area contributed by atoms with Crippen molar-refractivity contribution in [3.63, 3.8) is 0 Å². The minimum atomic E-state index is 0. The predicted molar refractivity (Wildman–Crippen MR) is 134 cm³/mol. The summed E-state index contributed by atoms with van der Waals surface area (Å²) >= 11 is 0. The number of para-hydroxylation sites is 1. The average Bonchev–Trinajstić information content (AvgIpc) is 3.37. The Hall–Kier alpha value is -2.55. The molecule has 164 valence electrons.